The van der Waals surface area contributed by atoms with Crippen LogP contribution < -0.4 is 10.2 Å². The van der Waals surface area contributed by atoms with Crippen LogP contribution in [0.4, 0.5) is 13.9 Å². The first-order chi connectivity index (χ1) is 12.1. The molecule has 0 bridgehead atoms. The third-order valence-corrected chi connectivity index (χ3v) is 4.42. The summed E-state index contributed by atoms with van der Waals surface area (Å²) in [6.07, 6.45) is 1.42. The summed E-state index contributed by atoms with van der Waals surface area (Å²) in [7, 11) is 0. The Morgan fingerprint density at radius 2 is 1.92 bits per heavy atom. The molecule has 0 amide bonds. The summed E-state index contributed by atoms with van der Waals surface area (Å²) in [5, 5.41) is 6.55. The molecule has 4 nitrogen and oxygen atoms in total. The molecule has 3 aromatic rings. The number of hydrazone groups is 1. The molecule has 8 heteroatoms. The number of ether oxygens (including phenoxy) is 1. The van der Waals surface area contributed by atoms with Crippen molar-refractivity contribution >= 4 is 38.6 Å². The molecule has 128 valence electrons. The normalized spacial score (nSPS) is 11.2. The largest absolute Gasteiger partial charge is 0.434 e. The number of thiazole rings is 1. The first-order valence-corrected chi connectivity index (χ1v) is 8.83. The first-order valence-electron chi connectivity index (χ1n) is 7.16. The van der Waals surface area contributed by atoms with Crippen LogP contribution in [0.25, 0.3) is 11.3 Å². The van der Waals surface area contributed by atoms with Crippen LogP contribution in [0, 0.1) is 0 Å². The predicted molar refractivity (Wildman–Crippen MR) is 99.5 cm³/mol. The molecule has 25 heavy (non-hydrogen) atoms. The molecular formula is C17H12BrF2N3OS. The summed E-state index contributed by atoms with van der Waals surface area (Å²) < 4.78 is 30.2. The third kappa shape index (κ3) is 4.83. The van der Waals surface area contributed by atoms with Gasteiger partial charge in [-0.2, -0.15) is 13.9 Å². The molecule has 0 radical (unpaired) electrons. The summed E-state index contributed by atoms with van der Waals surface area (Å²) in [5.41, 5.74) is 5.07. The van der Waals surface area contributed by atoms with Crippen molar-refractivity contribution in [3.8, 4) is 17.0 Å². The molecule has 2 aromatic carbocycles. The summed E-state index contributed by atoms with van der Waals surface area (Å²) in [4.78, 5) is 4.44. The van der Waals surface area contributed by atoms with Crippen LogP contribution in [0.1, 0.15) is 5.56 Å². The maximum Gasteiger partial charge on any atom is 0.387 e. The number of anilines is 1. The first kappa shape index (κ1) is 17.5. The lowest BCUT2D eigenvalue weighted by Crippen LogP contribution is -2.04. The Morgan fingerprint density at radius 3 is 2.68 bits per heavy atom. The highest BCUT2D eigenvalue weighted by Crippen LogP contribution is 2.26. The molecule has 0 fully saturated rings. The van der Waals surface area contributed by atoms with E-state index in [0.717, 1.165) is 15.7 Å². The van der Waals surface area contributed by atoms with Crippen LogP contribution in [0.2, 0.25) is 0 Å². The molecular weight excluding hydrogens is 412 g/mol. The van der Waals surface area contributed by atoms with Gasteiger partial charge in [0.1, 0.15) is 5.75 Å². The van der Waals surface area contributed by atoms with E-state index < -0.39 is 6.61 Å². The highest BCUT2D eigenvalue weighted by molar-refractivity contribution is 9.10. The van der Waals surface area contributed by atoms with Crippen LogP contribution in [-0.4, -0.2) is 17.8 Å². The highest BCUT2D eigenvalue weighted by Gasteiger charge is 2.08. The van der Waals surface area contributed by atoms with Gasteiger partial charge in [-0.15, -0.1) is 11.3 Å². The Morgan fingerprint density at radius 1 is 1.16 bits per heavy atom. The Hall–Kier alpha value is -2.32. The zero-order chi connectivity index (χ0) is 17.6. The van der Waals surface area contributed by atoms with E-state index in [9.17, 15) is 8.78 Å². The van der Waals surface area contributed by atoms with E-state index >= 15 is 0 Å². The Kier molecular flexibility index (Phi) is 5.72. The van der Waals surface area contributed by atoms with E-state index in [2.05, 4.69) is 36.2 Å². The molecule has 0 atom stereocenters. The van der Waals surface area contributed by atoms with Gasteiger partial charge in [-0.25, -0.2) is 4.98 Å². The van der Waals surface area contributed by atoms with Gasteiger partial charge in [0, 0.05) is 21.0 Å². The smallest absolute Gasteiger partial charge is 0.387 e. The maximum absolute atomic E-state index is 12.4. The summed E-state index contributed by atoms with van der Waals surface area (Å²) in [5.74, 6) is 0.0674. The number of hydrogen-bond acceptors (Lipinski definition) is 5. The molecule has 1 aromatic heterocycles. The molecule has 1 N–H and O–H groups in total. The fourth-order valence-electron chi connectivity index (χ4n) is 2.03. The lowest BCUT2D eigenvalue weighted by Gasteiger charge is -2.06. The fourth-order valence-corrected chi connectivity index (χ4v) is 2.96. The number of nitrogens with one attached hydrogen (secondary N) is 1. The van der Waals surface area contributed by atoms with Gasteiger partial charge in [0.05, 0.1) is 11.9 Å². The van der Waals surface area contributed by atoms with Gasteiger partial charge in [0.2, 0.25) is 5.13 Å². The quantitative estimate of drug-likeness (QED) is 0.413. The van der Waals surface area contributed by atoms with E-state index in [-0.39, 0.29) is 5.75 Å². The second-order valence-corrected chi connectivity index (χ2v) is 6.60. The molecule has 0 saturated carbocycles. The SMILES string of the molecule is FC(F)Oc1ccccc1C=NNc1nc(-c2ccc(Br)cc2)cs1. The van der Waals surface area contributed by atoms with Crippen LogP contribution in [-0.2, 0) is 0 Å². The zero-order valence-electron chi connectivity index (χ0n) is 12.7. The molecule has 1 heterocycles. The summed E-state index contributed by atoms with van der Waals surface area (Å²) in [6, 6.07) is 14.2. The molecule has 0 aliphatic carbocycles. The van der Waals surface area contributed by atoms with E-state index in [4.69, 9.17) is 0 Å². The van der Waals surface area contributed by atoms with Gasteiger partial charge in [-0.05, 0) is 24.3 Å². The van der Waals surface area contributed by atoms with Gasteiger partial charge >= 0.3 is 6.61 Å². The van der Waals surface area contributed by atoms with Crippen molar-refractivity contribution in [1.29, 1.82) is 0 Å². The average molecular weight is 424 g/mol. The van der Waals surface area contributed by atoms with Crippen molar-refractivity contribution in [3.63, 3.8) is 0 Å². The Bertz CT molecular complexity index is 868. The number of nitrogens with zero attached hydrogens (tertiary/aromatic N) is 2. The Balaban J connectivity index is 1.68. The van der Waals surface area contributed by atoms with Crippen LogP contribution >= 0.6 is 27.3 Å². The number of hydrogen-bond donors (Lipinski definition) is 1. The fraction of sp³-hybridized carbons (Fsp3) is 0.0588. The molecule has 0 saturated heterocycles. The van der Waals surface area contributed by atoms with Crippen molar-refractivity contribution in [2.75, 3.05) is 5.43 Å². The number of alkyl halides is 2. The second kappa shape index (κ2) is 8.17. The minimum atomic E-state index is -2.88. The lowest BCUT2D eigenvalue weighted by molar-refractivity contribution is -0.0499. The van der Waals surface area contributed by atoms with E-state index in [1.165, 1.54) is 23.6 Å². The van der Waals surface area contributed by atoms with Crippen molar-refractivity contribution in [2.45, 2.75) is 6.61 Å². The average Bonchev–Trinajstić information content (AvgIpc) is 3.05. The zero-order valence-corrected chi connectivity index (χ0v) is 15.1. The minimum Gasteiger partial charge on any atom is -0.434 e. The molecule has 0 aliphatic heterocycles. The monoisotopic (exact) mass is 423 g/mol. The van der Waals surface area contributed by atoms with Crippen LogP contribution in [0.5, 0.6) is 5.75 Å². The van der Waals surface area contributed by atoms with Crippen LogP contribution in [0.3, 0.4) is 0 Å². The number of rotatable bonds is 6. The summed E-state index contributed by atoms with van der Waals surface area (Å²) >= 11 is 4.79. The van der Waals surface area contributed by atoms with Gasteiger partial charge in [0.25, 0.3) is 0 Å². The molecule has 3 rings (SSSR count). The third-order valence-electron chi connectivity index (χ3n) is 3.14. The molecule has 0 unspecified atom stereocenters. The Labute approximate surface area is 155 Å². The predicted octanol–water partition coefficient (Wildman–Crippen LogP) is 5.62. The summed E-state index contributed by atoms with van der Waals surface area (Å²) in [6.45, 7) is -2.88. The van der Waals surface area contributed by atoms with Crippen molar-refractivity contribution in [2.24, 2.45) is 5.10 Å². The van der Waals surface area contributed by atoms with E-state index in [0.29, 0.717) is 10.7 Å². The highest BCUT2D eigenvalue weighted by atomic mass is 79.9. The van der Waals surface area contributed by atoms with E-state index in [1.54, 1.807) is 18.2 Å². The second-order valence-electron chi connectivity index (χ2n) is 4.83. The number of halogens is 3. The number of benzene rings is 2. The molecule has 0 spiro atoms. The lowest BCUT2D eigenvalue weighted by atomic mass is 10.2. The number of para-hydroxylation sites is 1. The van der Waals surface area contributed by atoms with Gasteiger partial charge in [0.15, 0.2) is 0 Å². The standard InChI is InChI=1S/C17H12BrF2N3OS/c18-13-7-5-11(6-8-13)14-10-25-17(22-14)23-21-9-12-3-1-2-4-15(12)24-16(19)20/h1-10,16H,(H,22,23). The maximum atomic E-state index is 12.4. The van der Waals surface area contributed by atoms with Crippen molar-refractivity contribution in [3.05, 3.63) is 63.9 Å². The van der Waals surface area contributed by atoms with Crippen molar-refractivity contribution < 1.29 is 13.5 Å². The van der Waals surface area contributed by atoms with Crippen molar-refractivity contribution in [1.82, 2.24) is 4.98 Å². The van der Waals surface area contributed by atoms with Gasteiger partial charge < -0.3 is 4.74 Å². The minimum absolute atomic E-state index is 0.0674. The van der Waals surface area contributed by atoms with E-state index in [1.807, 2.05) is 29.6 Å². The van der Waals surface area contributed by atoms with Gasteiger partial charge in [-0.3, -0.25) is 5.43 Å². The topological polar surface area (TPSA) is 46.5 Å². The molecule has 0 aliphatic rings. The number of aromatic nitrogens is 1. The van der Waals surface area contributed by atoms with Gasteiger partial charge in [-0.1, -0.05) is 40.2 Å². The van der Waals surface area contributed by atoms with Crippen LogP contribution in [0.15, 0.2) is 63.5 Å².